The molecule has 2 aromatic carbocycles. The van der Waals surface area contributed by atoms with Crippen molar-refractivity contribution in [3.05, 3.63) is 78.0 Å². The van der Waals surface area contributed by atoms with Crippen molar-refractivity contribution >= 4 is 34.5 Å². The minimum absolute atomic E-state index is 0.0278. The van der Waals surface area contributed by atoms with E-state index in [1.54, 1.807) is 48.5 Å². The van der Waals surface area contributed by atoms with E-state index in [0.717, 1.165) is 0 Å². The second-order valence-corrected chi connectivity index (χ2v) is 7.70. The minimum atomic E-state index is -0.627. The summed E-state index contributed by atoms with van der Waals surface area (Å²) in [5.74, 6) is -0.427. The van der Waals surface area contributed by atoms with Crippen molar-refractivity contribution in [3.8, 4) is 5.69 Å². The van der Waals surface area contributed by atoms with E-state index < -0.39 is 11.9 Å². The van der Waals surface area contributed by atoms with Gasteiger partial charge in [-0.2, -0.15) is 0 Å². The number of pyridine rings is 1. The predicted octanol–water partition coefficient (Wildman–Crippen LogP) is 4.14. The Hall–Kier alpha value is -4.35. The van der Waals surface area contributed by atoms with Gasteiger partial charge in [0.2, 0.25) is 0 Å². The van der Waals surface area contributed by atoms with Crippen LogP contribution in [0.15, 0.2) is 61.1 Å². The van der Waals surface area contributed by atoms with Crippen LogP contribution >= 0.6 is 0 Å². The summed E-state index contributed by atoms with van der Waals surface area (Å²) in [6.45, 7) is 0.204. The lowest BCUT2D eigenvalue weighted by molar-refractivity contribution is 0.0936. The molecule has 0 spiro atoms. The zero-order chi connectivity index (χ0) is 25.7. The molecule has 2 aromatic heterocycles. The maximum atomic E-state index is 13.6. The van der Waals surface area contributed by atoms with Crippen molar-refractivity contribution in [1.82, 2.24) is 14.5 Å². The number of hydrogen-bond donors (Lipinski definition) is 1. The number of nitrogens with one attached hydrogen (secondary N) is 1. The number of anilines is 2. The maximum Gasteiger partial charge on any atom is 0.412 e. The zero-order valence-electron chi connectivity index (χ0n) is 19.9. The molecular weight excluding hydrogens is 469 g/mol. The van der Waals surface area contributed by atoms with Crippen LogP contribution in [0.4, 0.5) is 20.7 Å². The Balaban J connectivity index is 1.76. The highest BCUT2D eigenvalue weighted by atomic mass is 19.1. The van der Waals surface area contributed by atoms with Crippen LogP contribution in [0, 0.1) is 5.82 Å². The molecule has 0 atom stereocenters. The van der Waals surface area contributed by atoms with E-state index >= 15 is 0 Å². The SMILES string of the molecule is COCc1cc(C(=O)N(COC)c2ccc(F)cc2)cc2c1ncn2-c1ccc(NC(=O)OC)nc1. The van der Waals surface area contributed by atoms with E-state index in [-0.39, 0.29) is 19.2 Å². The highest BCUT2D eigenvalue weighted by Crippen LogP contribution is 2.26. The smallest absolute Gasteiger partial charge is 0.412 e. The van der Waals surface area contributed by atoms with Gasteiger partial charge in [0.1, 0.15) is 24.7 Å². The Morgan fingerprint density at radius 1 is 1.03 bits per heavy atom. The molecule has 36 heavy (non-hydrogen) atoms. The zero-order valence-corrected chi connectivity index (χ0v) is 19.9. The van der Waals surface area contributed by atoms with E-state index in [1.807, 2.05) is 0 Å². The number of halogens is 1. The van der Waals surface area contributed by atoms with Crippen molar-refractivity contribution in [2.24, 2.45) is 0 Å². The van der Waals surface area contributed by atoms with E-state index in [2.05, 4.69) is 20.0 Å². The van der Waals surface area contributed by atoms with E-state index in [4.69, 9.17) is 9.47 Å². The average molecular weight is 493 g/mol. The molecule has 10 nitrogen and oxygen atoms in total. The summed E-state index contributed by atoms with van der Waals surface area (Å²) in [7, 11) is 4.30. The van der Waals surface area contributed by atoms with Crippen LogP contribution in [0.5, 0.6) is 0 Å². The number of ether oxygens (including phenoxy) is 3. The summed E-state index contributed by atoms with van der Waals surface area (Å²) in [6, 6.07) is 12.4. The van der Waals surface area contributed by atoms with Crippen LogP contribution in [0.3, 0.4) is 0 Å². The summed E-state index contributed by atoms with van der Waals surface area (Å²) in [4.78, 5) is 35.2. The molecule has 0 aliphatic carbocycles. The fourth-order valence-electron chi connectivity index (χ4n) is 3.70. The normalized spacial score (nSPS) is 10.9. The van der Waals surface area contributed by atoms with Gasteiger partial charge in [-0.05, 0) is 48.5 Å². The quantitative estimate of drug-likeness (QED) is 0.368. The first kappa shape index (κ1) is 24.8. The molecule has 11 heteroatoms. The van der Waals surface area contributed by atoms with Gasteiger partial charge in [0.15, 0.2) is 0 Å². The number of amides is 2. The number of methoxy groups -OCH3 is 3. The van der Waals surface area contributed by atoms with Gasteiger partial charge in [-0.15, -0.1) is 0 Å². The van der Waals surface area contributed by atoms with Crippen LogP contribution in [0.2, 0.25) is 0 Å². The Morgan fingerprint density at radius 3 is 2.44 bits per heavy atom. The minimum Gasteiger partial charge on any atom is -0.453 e. The Morgan fingerprint density at radius 2 is 1.81 bits per heavy atom. The molecule has 4 rings (SSSR count). The van der Waals surface area contributed by atoms with Gasteiger partial charge in [-0.1, -0.05) is 0 Å². The summed E-state index contributed by atoms with van der Waals surface area (Å²) >= 11 is 0. The summed E-state index contributed by atoms with van der Waals surface area (Å²) in [5.41, 5.74) is 3.54. The molecule has 1 N–H and O–H groups in total. The molecule has 0 radical (unpaired) electrons. The molecule has 0 bridgehead atoms. The maximum absolute atomic E-state index is 13.6. The average Bonchev–Trinajstić information content (AvgIpc) is 3.32. The summed E-state index contributed by atoms with van der Waals surface area (Å²) < 4.78 is 30.4. The molecule has 186 valence electrons. The van der Waals surface area contributed by atoms with Crippen molar-refractivity contribution < 1.29 is 28.2 Å². The number of hydrogen-bond acceptors (Lipinski definition) is 7. The summed E-state index contributed by atoms with van der Waals surface area (Å²) in [6.07, 6.45) is 2.56. The summed E-state index contributed by atoms with van der Waals surface area (Å²) in [5, 5.41) is 2.50. The second-order valence-electron chi connectivity index (χ2n) is 7.70. The van der Waals surface area contributed by atoms with Crippen molar-refractivity contribution in [2.45, 2.75) is 6.61 Å². The molecule has 0 unspecified atom stereocenters. The number of rotatable bonds is 8. The monoisotopic (exact) mass is 493 g/mol. The number of imidazole rings is 1. The van der Waals surface area contributed by atoms with Gasteiger partial charge in [0.25, 0.3) is 5.91 Å². The fourth-order valence-corrected chi connectivity index (χ4v) is 3.70. The third kappa shape index (κ3) is 5.16. The van der Waals surface area contributed by atoms with Crippen LogP contribution < -0.4 is 10.2 Å². The first-order valence-corrected chi connectivity index (χ1v) is 10.8. The fraction of sp³-hybridized carbons (Fsp3) is 0.200. The first-order valence-electron chi connectivity index (χ1n) is 10.8. The molecule has 2 heterocycles. The number of carbonyl (C=O) groups is 2. The van der Waals surface area contributed by atoms with Gasteiger partial charge in [0.05, 0.1) is 36.6 Å². The van der Waals surface area contributed by atoms with E-state index in [1.165, 1.54) is 43.4 Å². The van der Waals surface area contributed by atoms with Crippen LogP contribution in [0.25, 0.3) is 16.7 Å². The first-order chi connectivity index (χ1) is 17.4. The number of nitrogens with zero attached hydrogens (tertiary/aromatic N) is 4. The molecule has 2 amide bonds. The predicted molar refractivity (Wildman–Crippen MR) is 131 cm³/mol. The lowest BCUT2D eigenvalue weighted by Gasteiger charge is -2.22. The molecule has 0 saturated carbocycles. The molecule has 0 saturated heterocycles. The van der Waals surface area contributed by atoms with Gasteiger partial charge in [0, 0.05) is 31.0 Å². The van der Waals surface area contributed by atoms with Crippen LogP contribution in [0.1, 0.15) is 15.9 Å². The number of carbonyl (C=O) groups excluding carboxylic acids is 2. The van der Waals surface area contributed by atoms with E-state index in [9.17, 15) is 14.0 Å². The lowest BCUT2D eigenvalue weighted by atomic mass is 10.1. The standard InChI is InChI=1S/C25H24FN5O5/c1-34-13-17-10-16(24(32)31(15-35-2)19-6-4-18(26)5-7-19)11-21-23(17)28-14-30(21)20-8-9-22(27-12-20)29-25(33)36-3/h4-12,14H,13,15H2,1-3H3,(H,27,29,33). The Bertz CT molecular complexity index is 1370. The topological polar surface area (TPSA) is 108 Å². The third-order valence-electron chi connectivity index (χ3n) is 5.36. The second kappa shape index (κ2) is 10.9. The Labute approximate surface area is 206 Å². The van der Waals surface area contributed by atoms with Gasteiger partial charge in [-0.25, -0.2) is 19.2 Å². The van der Waals surface area contributed by atoms with Crippen LogP contribution in [-0.2, 0) is 20.8 Å². The highest BCUT2D eigenvalue weighted by molar-refractivity contribution is 6.08. The van der Waals surface area contributed by atoms with Crippen LogP contribution in [-0.4, -0.2) is 54.6 Å². The van der Waals surface area contributed by atoms with Crippen molar-refractivity contribution in [3.63, 3.8) is 0 Å². The number of fused-ring (bicyclic) bond motifs is 1. The lowest BCUT2D eigenvalue weighted by Crippen LogP contribution is -2.32. The van der Waals surface area contributed by atoms with E-state index in [0.29, 0.717) is 39.4 Å². The molecular formula is C25H24FN5O5. The number of benzene rings is 2. The van der Waals surface area contributed by atoms with Gasteiger partial charge in [-0.3, -0.25) is 19.6 Å². The molecule has 0 fully saturated rings. The molecule has 0 aliphatic rings. The largest absolute Gasteiger partial charge is 0.453 e. The van der Waals surface area contributed by atoms with Crippen molar-refractivity contribution in [2.75, 3.05) is 38.3 Å². The van der Waals surface area contributed by atoms with Gasteiger partial charge >= 0.3 is 6.09 Å². The Kier molecular flexibility index (Phi) is 7.52. The third-order valence-corrected chi connectivity index (χ3v) is 5.36. The highest BCUT2D eigenvalue weighted by Gasteiger charge is 2.21. The number of aromatic nitrogens is 3. The molecule has 4 aromatic rings. The van der Waals surface area contributed by atoms with Gasteiger partial charge < -0.3 is 14.2 Å². The molecule has 0 aliphatic heterocycles. The van der Waals surface area contributed by atoms with Crippen molar-refractivity contribution in [1.29, 1.82) is 0 Å².